The Kier molecular flexibility index (Phi) is 5.65. The first-order valence-corrected chi connectivity index (χ1v) is 7.86. The van der Waals surface area contributed by atoms with E-state index >= 15 is 0 Å². The highest BCUT2D eigenvalue weighted by atomic mass is 19.3. The quantitative estimate of drug-likeness (QED) is 0.573. The highest BCUT2D eigenvalue weighted by Crippen LogP contribution is 2.34. The van der Waals surface area contributed by atoms with Gasteiger partial charge in [0.15, 0.2) is 17.2 Å². The van der Waals surface area contributed by atoms with E-state index in [-0.39, 0.29) is 29.7 Å². The second kappa shape index (κ2) is 8.31. The van der Waals surface area contributed by atoms with Gasteiger partial charge in [0.2, 0.25) is 5.89 Å². The Hall–Kier alpha value is -3.42. The molecule has 0 bridgehead atoms. The summed E-state index contributed by atoms with van der Waals surface area (Å²) in [6, 6.07) is 13.5. The lowest BCUT2D eigenvalue weighted by molar-refractivity contribution is -0.0515. The SMILES string of the molecule is COC(=O)c1coc(-c2ccc(OC(F)F)c(OCc3ccccc3)c2)n1. The monoisotopic (exact) mass is 375 g/mol. The normalized spacial score (nSPS) is 10.7. The molecule has 140 valence electrons. The maximum atomic E-state index is 12.7. The van der Waals surface area contributed by atoms with Crippen LogP contribution in [0.3, 0.4) is 0 Å². The Bertz CT molecular complexity index is 911. The molecule has 0 radical (unpaired) electrons. The number of carbonyl (C=O) groups is 1. The molecule has 3 rings (SSSR count). The highest BCUT2D eigenvalue weighted by Gasteiger charge is 2.17. The molecule has 0 N–H and O–H groups in total. The largest absolute Gasteiger partial charge is 0.485 e. The van der Waals surface area contributed by atoms with Gasteiger partial charge in [0.1, 0.15) is 12.9 Å². The van der Waals surface area contributed by atoms with Gasteiger partial charge in [0.25, 0.3) is 0 Å². The standard InChI is InChI=1S/C19H15F2NO5/c1-24-18(23)14-11-26-17(22-14)13-7-8-15(27-19(20)21)16(9-13)25-10-12-5-3-2-4-6-12/h2-9,11,19H,10H2,1H3. The fourth-order valence-electron chi connectivity index (χ4n) is 2.29. The highest BCUT2D eigenvalue weighted by molar-refractivity contribution is 5.87. The number of halogens is 2. The number of carbonyl (C=O) groups excluding carboxylic acids is 1. The summed E-state index contributed by atoms with van der Waals surface area (Å²) < 4.78 is 45.3. The third kappa shape index (κ3) is 4.60. The molecule has 1 aromatic heterocycles. The van der Waals surface area contributed by atoms with E-state index in [9.17, 15) is 13.6 Å². The molecular weight excluding hydrogens is 360 g/mol. The second-order valence-electron chi connectivity index (χ2n) is 5.34. The zero-order chi connectivity index (χ0) is 19.2. The molecule has 0 atom stereocenters. The lowest BCUT2D eigenvalue weighted by atomic mass is 10.2. The molecule has 0 aliphatic heterocycles. The number of methoxy groups -OCH3 is 1. The molecule has 0 fully saturated rings. The molecule has 0 saturated heterocycles. The summed E-state index contributed by atoms with van der Waals surface area (Å²) in [4.78, 5) is 15.5. The average Bonchev–Trinajstić information content (AvgIpc) is 3.17. The van der Waals surface area contributed by atoms with Crippen LogP contribution in [0.1, 0.15) is 16.1 Å². The van der Waals surface area contributed by atoms with Crippen LogP contribution in [0.5, 0.6) is 11.5 Å². The van der Waals surface area contributed by atoms with Crippen LogP contribution in [0.15, 0.2) is 59.2 Å². The lowest BCUT2D eigenvalue weighted by Gasteiger charge is -2.13. The number of nitrogens with zero attached hydrogens (tertiary/aromatic N) is 1. The summed E-state index contributed by atoms with van der Waals surface area (Å²) in [6.45, 7) is -2.84. The molecule has 0 spiro atoms. The van der Waals surface area contributed by atoms with Crippen molar-refractivity contribution in [1.82, 2.24) is 4.98 Å². The van der Waals surface area contributed by atoms with Crippen LogP contribution in [0.4, 0.5) is 8.78 Å². The number of rotatable bonds is 7. The van der Waals surface area contributed by atoms with Gasteiger partial charge in [-0.3, -0.25) is 0 Å². The van der Waals surface area contributed by atoms with Crippen LogP contribution in [-0.2, 0) is 11.3 Å². The first-order chi connectivity index (χ1) is 13.1. The third-order valence-corrected chi connectivity index (χ3v) is 3.54. The van der Waals surface area contributed by atoms with Gasteiger partial charge in [-0.1, -0.05) is 30.3 Å². The van der Waals surface area contributed by atoms with Gasteiger partial charge >= 0.3 is 12.6 Å². The van der Waals surface area contributed by atoms with Crippen molar-refractivity contribution in [2.75, 3.05) is 7.11 Å². The fourth-order valence-corrected chi connectivity index (χ4v) is 2.29. The van der Waals surface area contributed by atoms with E-state index in [1.165, 1.54) is 25.3 Å². The van der Waals surface area contributed by atoms with E-state index in [1.807, 2.05) is 30.3 Å². The Morgan fingerprint density at radius 3 is 2.63 bits per heavy atom. The fraction of sp³-hybridized carbons (Fsp3) is 0.158. The van der Waals surface area contributed by atoms with Crippen LogP contribution in [-0.4, -0.2) is 24.7 Å². The lowest BCUT2D eigenvalue weighted by Crippen LogP contribution is -2.05. The Labute approximate surface area is 153 Å². The van der Waals surface area contributed by atoms with Gasteiger partial charge in [-0.2, -0.15) is 8.78 Å². The number of hydrogen-bond acceptors (Lipinski definition) is 6. The van der Waals surface area contributed by atoms with Crippen molar-refractivity contribution in [2.45, 2.75) is 13.2 Å². The van der Waals surface area contributed by atoms with E-state index in [0.29, 0.717) is 5.56 Å². The molecule has 0 aliphatic carbocycles. The van der Waals surface area contributed by atoms with Crippen molar-refractivity contribution in [3.8, 4) is 23.0 Å². The van der Waals surface area contributed by atoms with Crippen LogP contribution in [0.2, 0.25) is 0 Å². The second-order valence-corrected chi connectivity index (χ2v) is 5.34. The van der Waals surface area contributed by atoms with Gasteiger partial charge < -0.3 is 18.6 Å². The van der Waals surface area contributed by atoms with Gasteiger partial charge in [0, 0.05) is 5.56 Å². The number of oxazole rings is 1. The number of hydrogen-bond donors (Lipinski definition) is 0. The maximum Gasteiger partial charge on any atom is 0.387 e. The molecular formula is C19H15F2NO5. The average molecular weight is 375 g/mol. The van der Waals surface area contributed by atoms with Crippen molar-refractivity contribution in [2.24, 2.45) is 0 Å². The minimum Gasteiger partial charge on any atom is -0.485 e. The van der Waals surface area contributed by atoms with Crippen LogP contribution < -0.4 is 9.47 Å². The number of esters is 1. The van der Waals surface area contributed by atoms with Crippen molar-refractivity contribution < 1.29 is 32.2 Å². The first-order valence-electron chi connectivity index (χ1n) is 7.86. The van der Waals surface area contributed by atoms with E-state index in [2.05, 4.69) is 14.5 Å². The topological polar surface area (TPSA) is 70.8 Å². The van der Waals surface area contributed by atoms with E-state index < -0.39 is 12.6 Å². The summed E-state index contributed by atoms with van der Waals surface area (Å²) in [5, 5.41) is 0. The summed E-state index contributed by atoms with van der Waals surface area (Å²) in [7, 11) is 1.22. The van der Waals surface area contributed by atoms with E-state index in [0.717, 1.165) is 11.8 Å². The van der Waals surface area contributed by atoms with Crippen LogP contribution in [0.25, 0.3) is 11.5 Å². The zero-order valence-corrected chi connectivity index (χ0v) is 14.2. The molecule has 1 heterocycles. The van der Waals surface area contributed by atoms with Gasteiger partial charge in [-0.05, 0) is 23.8 Å². The van der Waals surface area contributed by atoms with E-state index in [1.54, 1.807) is 0 Å². The van der Waals surface area contributed by atoms with Crippen molar-refractivity contribution >= 4 is 5.97 Å². The molecule has 0 amide bonds. The molecule has 0 aliphatic rings. The minimum absolute atomic E-state index is 0.00726. The summed E-state index contributed by atoms with van der Waals surface area (Å²) in [5.74, 6) is -0.564. The number of benzene rings is 2. The van der Waals surface area contributed by atoms with Crippen molar-refractivity contribution in [1.29, 1.82) is 0 Å². The van der Waals surface area contributed by atoms with E-state index in [4.69, 9.17) is 9.15 Å². The van der Waals surface area contributed by atoms with Gasteiger partial charge in [-0.25, -0.2) is 9.78 Å². The molecule has 8 heteroatoms. The third-order valence-electron chi connectivity index (χ3n) is 3.54. The zero-order valence-electron chi connectivity index (χ0n) is 14.2. The summed E-state index contributed by atoms with van der Waals surface area (Å²) >= 11 is 0. The summed E-state index contributed by atoms with van der Waals surface area (Å²) in [6.07, 6.45) is 1.15. The molecule has 3 aromatic rings. The molecule has 27 heavy (non-hydrogen) atoms. The van der Waals surface area contributed by atoms with Crippen LogP contribution >= 0.6 is 0 Å². The van der Waals surface area contributed by atoms with Crippen LogP contribution in [0, 0.1) is 0 Å². The number of aromatic nitrogens is 1. The molecule has 0 saturated carbocycles. The first kappa shape index (κ1) is 18.4. The Balaban J connectivity index is 1.87. The minimum atomic E-state index is -3.00. The predicted molar refractivity (Wildman–Crippen MR) is 90.7 cm³/mol. The van der Waals surface area contributed by atoms with Gasteiger partial charge in [0.05, 0.1) is 7.11 Å². The number of alkyl halides is 2. The van der Waals surface area contributed by atoms with Gasteiger partial charge in [-0.15, -0.1) is 0 Å². The van der Waals surface area contributed by atoms with Crippen molar-refractivity contribution in [3.05, 3.63) is 66.1 Å². The Morgan fingerprint density at radius 2 is 1.93 bits per heavy atom. The maximum absolute atomic E-state index is 12.7. The predicted octanol–water partition coefficient (Wildman–Crippen LogP) is 4.31. The Morgan fingerprint density at radius 1 is 1.15 bits per heavy atom. The smallest absolute Gasteiger partial charge is 0.387 e. The molecule has 2 aromatic carbocycles. The molecule has 0 unspecified atom stereocenters. The molecule has 6 nitrogen and oxygen atoms in total. The van der Waals surface area contributed by atoms with Crippen molar-refractivity contribution in [3.63, 3.8) is 0 Å². The summed E-state index contributed by atoms with van der Waals surface area (Å²) in [5.41, 5.74) is 1.27. The number of ether oxygens (including phenoxy) is 3.